The minimum absolute atomic E-state index is 0.167. The number of carboxylic acids is 1. The molecule has 0 radical (unpaired) electrons. The number of rotatable bonds is 4. The van der Waals surface area contributed by atoms with Gasteiger partial charge in [-0.15, -0.1) is 0 Å². The summed E-state index contributed by atoms with van der Waals surface area (Å²) in [7, 11) is 0. The normalized spacial score (nSPS) is 10.1. The molecule has 1 heterocycles. The zero-order valence-electron chi connectivity index (χ0n) is 9.21. The first-order chi connectivity index (χ1) is 8.63. The predicted molar refractivity (Wildman–Crippen MR) is 64.9 cm³/mol. The number of aliphatic carboxylic acids is 1. The summed E-state index contributed by atoms with van der Waals surface area (Å²) in [6.07, 6.45) is 1.10. The van der Waals surface area contributed by atoms with Crippen molar-refractivity contribution in [2.45, 2.75) is 6.42 Å². The molecule has 1 aromatic heterocycles. The van der Waals surface area contributed by atoms with Gasteiger partial charge in [-0.1, -0.05) is 11.6 Å². The van der Waals surface area contributed by atoms with Crippen LogP contribution in [0.15, 0.2) is 36.7 Å². The van der Waals surface area contributed by atoms with Gasteiger partial charge in [0.25, 0.3) is 0 Å². The van der Waals surface area contributed by atoms with Crippen LogP contribution in [0.1, 0.15) is 5.69 Å². The lowest BCUT2D eigenvalue weighted by Gasteiger charge is -2.05. The maximum atomic E-state index is 10.6. The number of carboxylic acid groups (broad SMARTS) is 1. The van der Waals surface area contributed by atoms with Crippen LogP contribution in [0.4, 0.5) is 0 Å². The van der Waals surface area contributed by atoms with Crippen molar-refractivity contribution < 1.29 is 14.6 Å². The van der Waals surface area contributed by atoms with E-state index in [9.17, 15) is 4.79 Å². The number of hydrogen-bond acceptors (Lipinski definition) is 4. The Balaban J connectivity index is 2.13. The lowest BCUT2D eigenvalue weighted by Crippen LogP contribution is -2.03. The van der Waals surface area contributed by atoms with Crippen LogP contribution in [-0.4, -0.2) is 21.0 Å². The third-order valence-electron chi connectivity index (χ3n) is 2.07. The molecule has 6 heteroatoms. The van der Waals surface area contributed by atoms with Gasteiger partial charge in [-0.2, -0.15) is 0 Å². The summed E-state index contributed by atoms with van der Waals surface area (Å²) in [4.78, 5) is 18.3. The Morgan fingerprint density at radius 2 is 2.00 bits per heavy atom. The third kappa shape index (κ3) is 3.43. The average molecular weight is 265 g/mol. The van der Waals surface area contributed by atoms with Crippen LogP contribution in [0, 0.1) is 0 Å². The van der Waals surface area contributed by atoms with Crippen molar-refractivity contribution in [2.24, 2.45) is 0 Å². The molecule has 0 saturated heterocycles. The van der Waals surface area contributed by atoms with Crippen LogP contribution >= 0.6 is 11.6 Å². The molecule has 0 amide bonds. The van der Waals surface area contributed by atoms with Crippen molar-refractivity contribution in [2.75, 3.05) is 0 Å². The van der Waals surface area contributed by atoms with Gasteiger partial charge in [-0.3, -0.25) is 4.79 Å². The Bertz CT molecular complexity index is 558. The second kappa shape index (κ2) is 5.46. The van der Waals surface area contributed by atoms with Gasteiger partial charge in [0.2, 0.25) is 5.88 Å². The van der Waals surface area contributed by atoms with Crippen molar-refractivity contribution in [1.29, 1.82) is 0 Å². The second-order valence-corrected chi connectivity index (χ2v) is 3.91. The Labute approximate surface area is 108 Å². The lowest BCUT2D eigenvalue weighted by molar-refractivity contribution is -0.136. The van der Waals surface area contributed by atoms with Gasteiger partial charge in [0.1, 0.15) is 12.1 Å². The number of aromatic nitrogens is 2. The second-order valence-electron chi connectivity index (χ2n) is 3.47. The van der Waals surface area contributed by atoms with Crippen LogP contribution < -0.4 is 4.74 Å². The number of ether oxygens (including phenoxy) is 1. The number of carbonyl (C=O) groups is 1. The van der Waals surface area contributed by atoms with Gasteiger partial charge in [0.15, 0.2) is 0 Å². The molecule has 0 aliphatic heterocycles. The molecule has 1 N–H and O–H groups in total. The molecule has 18 heavy (non-hydrogen) atoms. The van der Waals surface area contributed by atoms with E-state index in [1.807, 2.05) is 0 Å². The summed E-state index contributed by atoms with van der Waals surface area (Å²) in [6.45, 7) is 0. The maximum Gasteiger partial charge on any atom is 0.309 e. The van der Waals surface area contributed by atoms with Crippen molar-refractivity contribution in [3.8, 4) is 11.6 Å². The highest BCUT2D eigenvalue weighted by atomic mass is 35.5. The van der Waals surface area contributed by atoms with Crippen molar-refractivity contribution in [3.63, 3.8) is 0 Å². The van der Waals surface area contributed by atoms with E-state index >= 15 is 0 Å². The highest BCUT2D eigenvalue weighted by Gasteiger charge is 2.05. The molecule has 0 unspecified atom stereocenters. The van der Waals surface area contributed by atoms with Gasteiger partial charge < -0.3 is 9.84 Å². The van der Waals surface area contributed by atoms with Gasteiger partial charge in [-0.25, -0.2) is 9.97 Å². The molecular formula is C12H9ClN2O3. The summed E-state index contributed by atoms with van der Waals surface area (Å²) in [5.74, 6) is -0.0888. The van der Waals surface area contributed by atoms with Crippen LogP contribution in [0.25, 0.3) is 0 Å². The van der Waals surface area contributed by atoms with E-state index in [2.05, 4.69) is 9.97 Å². The van der Waals surface area contributed by atoms with E-state index in [-0.39, 0.29) is 6.42 Å². The standard InChI is InChI=1S/C12H9ClN2O3/c13-8-1-3-10(4-2-8)18-11-5-9(6-12(16)17)14-7-15-11/h1-5,7H,6H2,(H,16,17). The monoisotopic (exact) mass is 264 g/mol. The van der Waals surface area contributed by atoms with Gasteiger partial charge in [-0.05, 0) is 24.3 Å². The number of halogens is 1. The third-order valence-corrected chi connectivity index (χ3v) is 2.32. The molecule has 5 nitrogen and oxygen atoms in total. The van der Waals surface area contributed by atoms with E-state index in [1.54, 1.807) is 24.3 Å². The summed E-state index contributed by atoms with van der Waals surface area (Å²) in [6, 6.07) is 8.26. The Morgan fingerprint density at radius 1 is 1.28 bits per heavy atom. The number of nitrogens with zero attached hydrogens (tertiary/aromatic N) is 2. The van der Waals surface area contributed by atoms with Gasteiger partial charge in [0, 0.05) is 11.1 Å². The lowest BCUT2D eigenvalue weighted by atomic mass is 10.3. The first-order valence-electron chi connectivity index (χ1n) is 5.09. The summed E-state index contributed by atoms with van der Waals surface area (Å²) in [5.41, 5.74) is 0.390. The smallest absolute Gasteiger partial charge is 0.309 e. The highest BCUT2D eigenvalue weighted by molar-refractivity contribution is 6.30. The van der Waals surface area contributed by atoms with Crippen molar-refractivity contribution in [1.82, 2.24) is 9.97 Å². The predicted octanol–water partition coefficient (Wildman–Crippen LogP) is 2.55. The van der Waals surface area contributed by atoms with Gasteiger partial charge >= 0.3 is 5.97 Å². The van der Waals surface area contributed by atoms with E-state index in [4.69, 9.17) is 21.4 Å². The number of hydrogen-bond donors (Lipinski definition) is 1. The first-order valence-corrected chi connectivity index (χ1v) is 5.47. The molecule has 0 aliphatic rings. The molecule has 1 aromatic carbocycles. The van der Waals surface area contributed by atoms with Crippen LogP contribution in [-0.2, 0) is 11.2 Å². The zero-order valence-corrected chi connectivity index (χ0v) is 9.96. The SMILES string of the molecule is O=C(O)Cc1cc(Oc2ccc(Cl)cc2)ncn1. The molecule has 0 fully saturated rings. The minimum atomic E-state index is -0.953. The summed E-state index contributed by atoms with van der Waals surface area (Å²) in [5, 5.41) is 9.27. The molecule has 0 spiro atoms. The molecule has 0 bridgehead atoms. The topological polar surface area (TPSA) is 72.3 Å². The molecule has 92 valence electrons. The maximum absolute atomic E-state index is 10.6. The van der Waals surface area contributed by atoms with E-state index in [0.29, 0.717) is 22.3 Å². The Kier molecular flexibility index (Phi) is 3.74. The fraction of sp³-hybridized carbons (Fsp3) is 0.0833. The average Bonchev–Trinajstić information content (AvgIpc) is 2.32. The molecule has 2 aromatic rings. The number of benzene rings is 1. The zero-order chi connectivity index (χ0) is 13.0. The molecular weight excluding hydrogens is 256 g/mol. The Hall–Kier alpha value is -2.14. The largest absolute Gasteiger partial charge is 0.481 e. The minimum Gasteiger partial charge on any atom is -0.481 e. The fourth-order valence-corrected chi connectivity index (χ4v) is 1.43. The molecule has 2 rings (SSSR count). The molecule has 0 aliphatic carbocycles. The quantitative estimate of drug-likeness (QED) is 0.919. The summed E-state index contributed by atoms with van der Waals surface area (Å²) < 4.78 is 5.45. The van der Waals surface area contributed by atoms with E-state index < -0.39 is 5.97 Å². The fourth-order valence-electron chi connectivity index (χ4n) is 1.31. The van der Waals surface area contributed by atoms with E-state index in [1.165, 1.54) is 12.4 Å². The molecule has 0 atom stereocenters. The summed E-state index contributed by atoms with van der Waals surface area (Å²) >= 11 is 5.75. The van der Waals surface area contributed by atoms with E-state index in [0.717, 1.165) is 0 Å². The van der Waals surface area contributed by atoms with Crippen LogP contribution in [0.3, 0.4) is 0 Å². The van der Waals surface area contributed by atoms with Gasteiger partial charge in [0.05, 0.1) is 12.1 Å². The van der Waals surface area contributed by atoms with Crippen LogP contribution in [0.5, 0.6) is 11.6 Å². The van der Waals surface area contributed by atoms with Crippen LogP contribution in [0.2, 0.25) is 5.02 Å². The first kappa shape index (κ1) is 12.3. The Morgan fingerprint density at radius 3 is 2.67 bits per heavy atom. The molecule has 0 saturated carbocycles. The van der Waals surface area contributed by atoms with Crippen molar-refractivity contribution in [3.05, 3.63) is 47.4 Å². The van der Waals surface area contributed by atoms with Crippen molar-refractivity contribution >= 4 is 17.6 Å². The highest BCUT2D eigenvalue weighted by Crippen LogP contribution is 2.21.